The zero-order chi connectivity index (χ0) is 8.97. The Balaban J connectivity index is 2.83. The molecule has 5 heteroatoms. The van der Waals surface area contributed by atoms with Gasteiger partial charge in [0.05, 0.1) is 6.61 Å². The number of hydrogen-bond acceptors (Lipinski definition) is 3. The molecule has 0 N–H and O–H groups in total. The van der Waals surface area contributed by atoms with Crippen LogP contribution in [0, 0.1) is 0 Å². The van der Waals surface area contributed by atoms with Gasteiger partial charge in [0.2, 0.25) is 0 Å². The molecule has 0 aliphatic heterocycles. The molecule has 0 atom stereocenters. The van der Waals surface area contributed by atoms with E-state index in [1.807, 2.05) is 18.6 Å². The molecule has 0 saturated heterocycles. The number of carbonyl (C=O) groups is 1. The number of thiazole rings is 1. The van der Waals surface area contributed by atoms with Gasteiger partial charge in [-0.25, -0.2) is 4.79 Å². The molecule has 0 aliphatic carbocycles. The standard InChI is InChI=1S/C7H10N2O2S/c1-3-11-7(10)8-6-9(2)4-5-12-6/h4-5H,3H2,1-2H3/b8-6-. The van der Waals surface area contributed by atoms with Gasteiger partial charge in [0.1, 0.15) is 0 Å². The summed E-state index contributed by atoms with van der Waals surface area (Å²) in [6.07, 6.45) is 1.30. The average molecular weight is 186 g/mol. The van der Waals surface area contributed by atoms with Gasteiger partial charge < -0.3 is 9.30 Å². The van der Waals surface area contributed by atoms with Crippen LogP contribution < -0.4 is 4.80 Å². The average Bonchev–Trinajstić information content (AvgIpc) is 2.37. The van der Waals surface area contributed by atoms with Crippen LogP contribution in [0.5, 0.6) is 0 Å². The van der Waals surface area contributed by atoms with Crippen LogP contribution in [0.4, 0.5) is 4.79 Å². The van der Waals surface area contributed by atoms with Gasteiger partial charge in [-0.2, -0.15) is 0 Å². The van der Waals surface area contributed by atoms with Crippen LogP contribution >= 0.6 is 11.3 Å². The molecule has 1 amide bonds. The molecule has 0 unspecified atom stereocenters. The molecule has 0 aliphatic rings. The molecule has 12 heavy (non-hydrogen) atoms. The Bertz CT molecular complexity index is 326. The SMILES string of the molecule is CCOC(=O)/N=c1\sccn1C. The Morgan fingerprint density at radius 1 is 1.83 bits per heavy atom. The molecule has 66 valence electrons. The van der Waals surface area contributed by atoms with E-state index in [-0.39, 0.29) is 0 Å². The van der Waals surface area contributed by atoms with Gasteiger partial charge in [-0.3, -0.25) is 0 Å². The second-order valence-corrected chi connectivity index (χ2v) is 2.98. The summed E-state index contributed by atoms with van der Waals surface area (Å²) in [4.78, 5) is 15.2. The van der Waals surface area contributed by atoms with Crippen molar-refractivity contribution in [1.82, 2.24) is 4.57 Å². The Morgan fingerprint density at radius 2 is 2.58 bits per heavy atom. The maximum atomic E-state index is 10.9. The number of aryl methyl sites for hydroxylation is 1. The van der Waals surface area contributed by atoms with Crippen molar-refractivity contribution in [2.75, 3.05) is 6.61 Å². The van der Waals surface area contributed by atoms with Crippen LogP contribution in [0.25, 0.3) is 0 Å². The summed E-state index contributed by atoms with van der Waals surface area (Å²) in [7, 11) is 1.83. The lowest BCUT2D eigenvalue weighted by molar-refractivity contribution is 0.162. The first-order valence-electron chi connectivity index (χ1n) is 3.55. The van der Waals surface area contributed by atoms with E-state index in [1.165, 1.54) is 11.3 Å². The van der Waals surface area contributed by atoms with E-state index < -0.39 is 6.09 Å². The maximum Gasteiger partial charge on any atom is 0.436 e. The van der Waals surface area contributed by atoms with E-state index in [1.54, 1.807) is 11.5 Å². The van der Waals surface area contributed by atoms with Crippen molar-refractivity contribution in [3.8, 4) is 0 Å². The molecular weight excluding hydrogens is 176 g/mol. The first-order chi connectivity index (χ1) is 5.74. The zero-order valence-electron chi connectivity index (χ0n) is 6.98. The summed E-state index contributed by atoms with van der Waals surface area (Å²) in [5, 5.41) is 1.86. The lowest BCUT2D eigenvalue weighted by Crippen LogP contribution is -2.13. The highest BCUT2D eigenvalue weighted by Gasteiger charge is 1.97. The van der Waals surface area contributed by atoms with Crippen molar-refractivity contribution >= 4 is 17.4 Å². The number of amides is 1. The number of ether oxygens (including phenoxy) is 1. The van der Waals surface area contributed by atoms with Crippen molar-refractivity contribution < 1.29 is 9.53 Å². The van der Waals surface area contributed by atoms with Crippen molar-refractivity contribution in [1.29, 1.82) is 0 Å². The minimum absolute atomic E-state index is 0.359. The van der Waals surface area contributed by atoms with E-state index in [0.717, 1.165) is 0 Å². The first kappa shape index (κ1) is 8.99. The largest absolute Gasteiger partial charge is 0.448 e. The fourth-order valence-electron chi connectivity index (χ4n) is 0.669. The van der Waals surface area contributed by atoms with Crippen molar-refractivity contribution in [2.45, 2.75) is 6.92 Å². The first-order valence-corrected chi connectivity index (χ1v) is 4.43. The van der Waals surface area contributed by atoms with Gasteiger partial charge in [0.25, 0.3) is 0 Å². The maximum absolute atomic E-state index is 10.9. The minimum Gasteiger partial charge on any atom is -0.448 e. The van der Waals surface area contributed by atoms with Crippen LogP contribution in [0.1, 0.15) is 6.92 Å². The van der Waals surface area contributed by atoms with E-state index in [9.17, 15) is 4.79 Å². The van der Waals surface area contributed by atoms with Crippen molar-refractivity contribution in [3.63, 3.8) is 0 Å². The Labute approximate surface area is 74.1 Å². The molecule has 0 spiro atoms. The summed E-state index contributed by atoms with van der Waals surface area (Å²) in [6, 6.07) is 0. The smallest absolute Gasteiger partial charge is 0.436 e. The van der Waals surface area contributed by atoms with Crippen LogP contribution in [0.2, 0.25) is 0 Å². The fourth-order valence-corrected chi connectivity index (χ4v) is 1.39. The summed E-state index contributed by atoms with van der Waals surface area (Å²) in [6.45, 7) is 2.11. The van der Waals surface area contributed by atoms with Gasteiger partial charge >= 0.3 is 6.09 Å². The summed E-state index contributed by atoms with van der Waals surface area (Å²) in [5.74, 6) is 0. The van der Waals surface area contributed by atoms with E-state index >= 15 is 0 Å². The number of hydrogen-bond donors (Lipinski definition) is 0. The van der Waals surface area contributed by atoms with E-state index in [2.05, 4.69) is 9.73 Å². The lowest BCUT2D eigenvalue weighted by atomic mass is 10.9. The molecule has 0 fully saturated rings. The monoisotopic (exact) mass is 186 g/mol. The molecule has 0 saturated carbocycles. The quantitative estimate of drug-likeness (QED) is 0.660. The van der Waals surface area contributed by atoms with Gasteiger partial charge in [-0.05, 0) is 6.92 Å². The molecule has 0 aromatic carbocycles. The van der Waals surface area contributed by atoms with Gasteiger partial charge in [-0.1, -0.05) is 0 Å². The zero-order valence-corrected chi connectivity index (χ0v) is 7.80. The van der Waals surface area contributed by atoms with Crippen LogP contribution in [-0.4, -0.2) is 17.3 Å². The topological polar surface area (TPSA) is 43.6 Å². The molecule has 1 rings (SSSR count). The summed E-state index contributed by atoms with van der Waals surface area (Å²) >= 11 is 1.40. The third-order valence-electron chi connectivity index (χ3n) is 1.21. The predicted octanol–water partition coefficient (Wildman–Crippen LogP) is 1.14. The summed E-state index contributed by atoms with van der Waals surface area (Å²) < 4.78 is 6.42. The van der Waals surface area contributed by atoms with Gasteiger partial charge in [0.15, 0.2) is 4.80 Å². The highest BCUT2D eigenvalue weighted by Crippen LogP contribution is 1.88. The summed E-state index contributed by atoms with van der Waals surface area (Å²) in [5.41, 5.74) is 0. The number of nitrogens with zero attached hydrogens (tertiary/aromatic N) is 2. The highest BCUT2D eigenvalue weighted by atomic mass is 32.1. The third kappa shape index (κ3) is 2.20. The Hall–Kier alpha value is -1.10. The van der Waals surface area contributed by atoms with Gasteiger partial charge in [0, 0.05) is 18.6 Å². The second-order valence-electron chi connectivity index (χ2n) is 2.11. The molecular formula is C7H10N2O2S. The molecule has 1 heterocycles. The number of rotatable bonds is 1. The van der Waals surface area contributed by atoms with Crippen LogP contribution in [0.15, 0.2) is 16.6 Å². The van der Waals surface area contributed by atoms with E-state index in [4.69, 9.17) is 0 Å². The minimum atomic E-state index is -0.532. The van der Waals surface area contributed by atoms with Gasteiger partial charge in [-0.15, -0.1) is 16.3 Å². The molecule has 1 aromatic heterocycles. The van der Waals surface area contributed by atoms with E-state index in [0.29, 0.717) is 11.4 Å². The van der Waals surface area contributed by atoms with Crippen LogP contribution in [-0.2, 0) is 11.8 Å². The lowest BCUT2D eigenvalue weighted by Gasteiger charge is -1.93. The normalized spacial score (nSPS) is 11.7. The molecule has 0 radical (unpaired) electrons. The van der Waals surface area contributed by atoms with Crippen molar-refractivity contribution in [2.24, 2.45) is 12.0 Å². The Kier molecular flexibility index (Phi) is 3.04. The number of aromatic nitrogens is 1. The third-order valence-corrected chi connectivity index (χ3v) is 2.06. The molecule has 0 bridgehead atoms. The molecule has 1 aromatic rings. The molecule has 4 nitrogen and oxygen atoms in total. The highest BCUT2D eigenvalue weighted by molar-refractivity contribution is 7.07. The Morgan fingerprint density at radius 3 is 3.08 bits per heavy atom. The predicted molar refractivity (Wildman–Crippen MR) is 45.9 cm³/mol. The second kappa shape index (κ2) is 4.06. The van der Waals surface area contributed by atoms with Crippen LogP contribution in [0.3, 0.4) is 0 Å². The fraction of sp³-hybridized carbons (Fsp3) is 0.429. The van der Waals surface area contributed by atoms with Crippen molar-refractivity contribution in [3.05, 3.63) is 16.4 Å². The number of carbonyl (C=O) groups excluding carboxylic acids is 1.